The first-order valence-electron chi connectivity index (χ1n) is 12.6. The summed E-state index contributed by atoms with van der Waals surface area (Å²) in [5.41, 5.74) is 2.42. The normalized spacial score (nSPS) is 29.9. The summed E-state index contributed by atoms with van der Waals surface area (Å²) in [5, 5.41) is 56.2. The fraction of sp³-hybridized carbons (Fsp3) is 0.290. The van der Waals surface area contributed by atoms with Gasteiger partial charge in [-0.05, 0) is 58.7 Å². The topological polar surface area (TPSA) is 135 Å². The van der Waals surface area contributed by atoms with Crippen molar-refractivity contribution in [2.75, 3.05) is 0 Å². The van der Waals surface area contributed by atoms with Gasteiger partial charge in [0, 0.05) is 29.4 Å². The van der Waals surface area contributed by atoms with Crippen molar-refractivity contribution in [2.24, 2.45) is 11.8 Å². The van der Waals surface area contributed by atoms with Gasteiger partial charge in [0.05, 0.1) is 6.10 Å². The van der Waals surface area contributed by atoms with Crippen molar-refractivity contribution in [1.82, 2.24) is 0 Å². The third-order valence-corrected chi connectivity index (χ3v) is 8.85. The van der Waals surface area contributed by atoms with Crippen LogP contribution in [0.1, 0.15) is 54.0 Å². The molecule has 0 saturated carbocycles. The second-order valence-electron chi connectivity index (χ2n) is 10.8. The first-order valence-corrected chi connectivity index (χ1v) is 12.6. The number of allylic oxidation sites excluding steroid dienone is 3. The molecule has 7 nitrogen and oxygen atoms in total. The van der Waals surface area contributed by atoms with Crippen molar-refractivity contribution in [1.29, 1.82) is 0 Å². The van der Waals surface area contributed by atoms with E-state index < -0.39 is 58.1 Å². The van der Waals surface area contributed by atoms with Crippen molar-refractivity contribution in [3.8, 4) is 5.75 Å². The van der Waals surface area contributed by atoms with E-state index in [1.165, 1.54) is 5.56 Å². The molecule has 0 heterocycles. The molecule has 5 atom stereocenters. The van der Waals surface area contributed by atoms with E-state index in [0.717, 1.165) is 29.2 Å². The van der Waals surface area contributed by atoms with Crippen molar-refractivity contribution < 1.29 is 35.1 Å². The number of fused-ring (bicyclic) bond motifs is 4. The van der Waals surface area contributed by atoms with Gasteiger partial charge in [-0.2, -0.15) is 0 Å². The van der Waals surface area contributed by atoms with E-state index in [-0.39, 0.29) is 23.3 Å². The molecule has 194 valence electrons. The zero-order valence-corrected chi connectivity index (χ0v) is 21.0. The molecule has 2 aromatic carbocycles. The smallest absolute Gasteiger partial charge is 0.209 e. The van der Waals surface area contributed by atoms with Gasteiger partial charge in [-0.25, -0.2) is 0 Å². The molecule has 0 amide bonds. The van der Waals surface area contributed by atoms with Crippen LogP contribution in [0.15, 0.2) is 65.6 Å². The molecule has 0 bridgehead atoms. The van der Waals surface area contributed by atoms with Crippen LogP contribution in [0.4, 0.5) is 0 Å². The maximum atomic E-state index is 13.3. The molecule has 0 saturated heterocycles. The second-order valence-corrected chi connectivity index (χ2v) is 10.8. The third kappa shape index (κ3) is 2.97. The minimum Gasteiger partial charge on any atom is -0.511 e. The van der Waals surface area contributed by atoms with E-state index in [9.17, 15) is 35.1 Å². The summed E-state index contributed by atoms with van der Waals surface area (Å²) in [5.74, 6) is -5.71. The predicted octanol–water partition coefficient (Wildman–Crippen LogP) is 4.14. The molecule has 4 aliphatic carbocycles. The van der Waals surface area contributed by atoms with E-state index in [0.29, 0.717) is 12.0 Å². The molecular formula is C31H28O7. The van der Waals surface area contributed by atoms with Gasteiger partial charge < -0.3 is 25.5 Å². The van der Waals surface area contributed by atoms with Crippen molar-refractivity contribution in [3.63, 3.8) is 0 Å². The van der Waals surface area contributed by atoms with Gasteiger partial charge in [-0.1, -0.05) is 49.9 Å². The number of carbonyl (C=O) groups is 2. The number of Topliss-reactive ketones (excluding diaryl/α,β-unsaturated/α-hetero) is 2. The number of carbonyl (C=O) groups excluding carboxylic acids is 2. The fourth-order valence-corrected chi connectivity index (χ4v) is 7.08. The predicted molar refractivity (Wildman–Crippen MR) is 141 cm³/mol. The Hall–Kier alpha value is -3.94. The lowest BCUT2D eigenvalue weighted by Gasteiger charge is -2.51. The molecule has 7 heteroatoms. The zero-order chi connectivity index (χ0) is 27.3. The van der Waals surface area contributed by atoms with E-state index in [2.05, 4.69) is 18.7 Å². The molecule has 6 rings (SSSR count). The molecule has 0 spiro atoms. The quantitative estimate of drug-likeness (QED) is 0.382. The summed E-state index contributed by atoms with van der Waals surface area (Å²) in [7, 11) is 0. The number of hydrogen-bond acceptors (Lipinski definition) is 7. The Labute approximate surface area is 219 Å². The highest BCUT2D eigenvalue weighted by Gasteiger charge is 2.63. The van der Waals surface area contributed by atoms with Gasteiger partial charge in [0.15, 0.2) is 11.4 Å². The van der Waals surface area contributed by atoms with Crippen LogP contribution in [0.2, 0.25) is 0 Å². The minimum absolute atomic E-state index is 0.0731. The van der Waals surface area contributed by atoms with Gasteiger partial charge in [-0.15, -0.1) is 0 Å². The summed E-state index contributed by atoms with van der Waals surface area (Å²) in [6, 6.07) is 11.5. The molecule has 5 N–H and O–H groups in total. The summed E-state index contributed by atoms with van der Waals surface area (Å²) < 4.78 is 0. The lowest BCUT2D eigenvalue weighted by Crippen LogP contribution is -2.61. The molecule has 0 radical (unpaired) electrons. The van der Waals surface area contributed by atoms with Gasteiger partial charge in [0.2, 0.25) is 5.78 Å². The van der Waals surface area contributed by atoms with Crippen LogP contribution in [-0.4, -0.2) is 48.8 Å². The lowest BCUT2D eigenvalue weighted by atomic mass is 9.55. The summed E-state index contributed by atoms with van der Waals surface area (Å²) in [4.78, 5) is 25.4. The molecule has 38 heavy (non-hydrogen) atoms. The number of benzene rings is 2. The Morgan fingerprint density at radius 2 is 1.82 bits per heavy atom. The number of aliphatic hydroxyl groups excluding tert-OH is 3. The number of aliphatic hydroxyl groups is 4. The van der Waals surface area contributed by atoms with E-state index in [1.54, 1.807) is 6.07 Å². The summed E-state index contributed by atoms with van der Waals surface area (Å²) in [6.45, 7) is 7.09. The monoisotopic (exact) mass is 512 g/mol. The van der Waals surface area contributed by atoms with Crippen molar-refractivity contribution in [3.05, 3.63) is 93.5 Å². The van der Waals surface area contributed by atoms with Crippen molar-refractivity contribution >= 4 is 28.8 Å². The first kappa shape index (κ1) is 24.4. The lowest BCUT2D eigenvalue weighted by molar-refractivity contribution is -0.154. The first-order chi connectivity index (χ1) is 18.0. The van der Waals surface area contributed by atoms with Crippen LogP contribution < -0.4 is 0 Å². The van der Waals surface area contributed by atoms with Gasteiger partial charge >= 0.3 is 0 Å². The zero-order valence-electron chi connectivity index (χ0n) is 21.0. The molecule has 0 aliphatic heterocycles. The minimum atomic E-state index is -2.61. The van der Waals surface area contributed by atoms with Gasteiger partial charge in [0.1, 0.15) is 22.8 Å². The maximum Gasteiger partial charge on any atom is 0.209 e. The van der Waals surface area contributed by atoms with Crippen LogP contribution in [0, 0.1) is 11.8 Å². The van der Waals surface area contributed by atoms with Gasteiger partial charge in [-0.3, -0.25) is 9.59 Å². The molecular weight excluding hydrogens is 484 g/mol. The summed E-state index contributed by atoms with van der Waals surface area (Å²) >= 11 is 0. The molecule has 0 fully saturated rings. The molecule has 0 aromatic heterocycles. The number of phenolic OH excluding ortho intramolecular Hbond substituents is 1. The Morgan fingerprint density at radius 1 is 1.11 bits per heavy atom. The second kappa shape index (κ2) is 8.03. The number of ketones is 2. The fourth-order valence-electron chi connectivity index (χ4n) is 7.08. The summed E-state index contributed by atoms with van der Waals surface area (Å²) in [6.07, 6.45) is 1.07. The number of rotatable bonds is 2. The van der Waals surface area contributed by atoms with Gasteiger partial charge in [0.25, 0.3) is 0 Å². The molecule has 0 unspecified atom stereocenters. The number of hydrogen-bond donors (Lipinski definition) is 5. The Kier molecular flexibility index (Phi) is 5.15. The van der Waals surface area contributed by atoms with E-state index in [1.807, 2.05) is 31.2 Å². The highest BCUT2D eigenvalue weighted by molar-refractivity contribution is 6.24. The van der Waals surface area contributed by atoms with Crippen LogP contribution in [0.5, 0.6) is 5.75 Å². The molecule has 4 aliphatic rings. The highest BCUT2D eigenvalue weighted by atomic mass is 16.4. The Morgan fingerprint density at radius 3 is 2.50 bits per heavy atom. The number of phenols is 1. The van der Waals surface area contributed by atoms with Crippen molar-refractivity contribution in [2.45, 2.75) is 44.3 Å². The Bertz CT molecular complexity index is 1570. The van der Waals surface area contributed by atoms with E-state index in [4.69, 9.17) is 0 Å². The average molecular weight is 513 g/mol. The maximum absolute atomic E-state index is 13.3. The standard InChI is InChI=1S/C31H28O7/c1-13-23-19(18-10-16-6-4-5-7-17(16)11-18)8-9-21(33)24(23)14(2)26-25(13)28(35)20-12-22(34)27(15(3)32)30(37)31(20,38)29(26)36/h4-10,13,20,25,28,33-36,38H,2,11-12H2,1,3H3/t13-,20+,25+,28+,31-/m0/s1. The van der Waals surface area contributed by atoms with Crippen LogP contribution in [0.25, 0.3) is 17.2 Å². The Balaban J connectivity index is 1.55. The van der Waals surface area contributed by atoms with Crippen LogP contribution >= 0.6 is 0 Å². The average Bonchev–Trinajstić information content (AvgIpc) is 3.30. The number of aromatic hydroxyl groups is 1. The van der Waals surface area contributed by atoms with E-state index >= 15 is 0 Å². The third-order valence-electron chi connectivity index (χ3n) is 8.85. The van der Waals surface area contributed by atoms with Crippen LogP contribution in [-0.2, 0) is 16.0 Å². The van der Waals surface area contributed by atoms with Crippen LogP contribution in [0.3, 0.4) is 0 Å². The SMILES string of the molecule is C=C1C2=C(O)[C@]3(O)C(=O)C(C(C)=O)=C(O)C[C@@H]3[C@@H](O)[C@@H]2[C@@H](C)c2c(C3=Cc4ccccc4C3)ccc(O)c21. The highest BCUT2D eigenvalue weighted by Crippen LogP contribution is 2.59. The molecule has 2 aromatic rings. The largest absolute Gasteiger partial charge is 0.511 e.